The van der Waals surface area contributed by atoms with Crippen molar-refractivity contribution < 1.29 is 14.3 Å². The predicted molar refractivity (Wildman–Crippen MR) is 63.6 cm³/mol. The fourth-order valence-electron chi connectivity index (χ4n) is 1.80. The normalized spacial score (nSPS) is 15.6. The molecule has 90 valence electrons. The van der Waals surface area contributed by atoms with Crippen molar-refractivity contribution in [2.24, 2.45) is 0 Å². The van der Waals surface area contributed by atoms with Crippen LogP contribution in [0.25, 0.3) is 5.57 Å². The number of hydrogen-bond donors (Lipinski definition) is 1. The Morgan fingerprint density at radius 1 is 1.47 bits per heavy atom. The first-order valence-corrected chi connectivity index (χ1v) is 5.58. The monoisotopic (exact) mass is 255 g/mol. The number of carboxylic acid groups (broad SMARTS) is 1. The number of halogens is 2. The molecule has 0 aliphatic carbocycles. The zero-order chi connectivity index (χ0) is 12.4. The summed E-state index contributed by atoms with van der Waals surface area (Å²) < 4.78 is 13.3. The van der Waals surface area contributed by atoms with E-state index in [1.165, 1.54) is 17.0 Å². The highest BCUT2D eigenvalue weighted by Gasteiger charge is 2.17. The molecule has 0 unspecified atom stereocenters. The van der Waals surface area contributed by atoms with Crippen LogP contribution in [0, 0.1) is 5.82 Å². The van der Waals surface area contributed by atoms with Crippen LogP contribution >= 0.6 is 11.6 Å². The van der Waals surface area contributed by atoms with Crippen molar-refractivity contribution in [1.29, 1.82) is 0 Å². The van der Waals surface area contributed by atoms with Gasteiger partial charge in [-0.1, -0.05) is 23.7 Å². The van der Waals surface area contributed by atoms with Gasteiger partial charge in [0.2, 0.25) is 0 Å². The molecule has 0 atom stereocenters. The molecule has 1 heterocycles. The second-order valence-electron chi connectivity index (χ2n) is 3.84. The molecular weight excluding hydrogens is 245 g/mol. The zero-order valence-electron chi connectivity index (χ0n) is 8.99. The van der Waals surface area contributed by atoms with Gasteiger partial charge in [-0.3, -0.25) is 0 Å². The number of hydrogen-bond acceptors (Lipinski definition) is 1. The third-order valence-electron chi connectivity index (χ3n) is 2.77. The van der Waals surface area contributed by atoms with Crippen LogP contribution < -0.4 is 0 Å². The molecule has 1 N–H and O–H groups in total. The van der Waals surface area contributed by atoms with E-state index in [9.17, 15) is 9.18 Å². The Bertz CT molecular complexity index is 487. The van der Waals surface area contributed by atoms with E-state index in [4.69, 9.17) is 16.7 Å². The minimum absolute atomic E-state index is 0.0947. The highest BCUT2D eigenvalue weighted by molar-refractivity contribution is 6.30. The molecule has 0 aromatic heterocycles. The first-order chi connectivity index (χ1) is 8.08. The Labute approximate surface area is 103 Å². The lowest BCUT2D eigenvalue weighted by molar-refractivity contribution is 0.150. The molecule has 1 aromatic carbocycles. The summed E-state index contributed by atoms with van der Waals surface area (Å²) in [5.74, 6) is -0.453. The molecule has 0 fully saturated rings. The maximum absolute atomic E-state index is 13.3. The minimum atomic E-state index is -0.928. The molecule has 0 saturated heterocycles. The first kappa shape index (κ1) is 11.9. The van der Waals surface area contributed by atoms with Crippen molar-refractivity contribution in [2.45, 2.75) is 6.42 Å². The molecule has 0 bridgehead atoms. The Balaban J connectivity index is 2.19. The maximum Gasteiger partial charge on any atom is 0.407 e. The maximum atomic E-state index is 13.3. The quantitative estimate of drug-likeness (QED) is 0.837. The molecule has 5 heteroatoms. The second kappa shape index (κ2) is 4.75. The lowest BCUT2D eigenvalue weighted by Gasteiger charge is -2.23. The fourth-order valence-corrected chi connectivity index (χ4v) is 1.92. The van der Waals surface area contributed by atoms with Crippen LogP contribution in [0.1, 0.15) is 12.0 Å². The molecule has 3 nitrogen and oxygen atoms in total. The topological polar surface area (TPSA) is 40.5 Å². The molecule has 0 radical (unpaired) electrons. The molecule has 1 aliphatic heterocycles. The lowest BCUT2D eigenvalue weighted by Crippen LogP contribution is -2.33. The smallest absolute Gasteiger partial charge is 0.407 e. The summed E-state index contributed by atoms with van der Waals surface area (Å²) >= 11 is 5.60. The van der Waals surface area contributed by atoms with Gasteiger partial charge in [0.15, 0.2) is 0 Å². The van der Waals surface area contributed by atoms with E-state index in [-0.39, 0.29) is 5.02 Å². The number of nitrogens with zero attached hydrogens (tertiary/aromatic N) is 1. The van der Waals surface area contributed by atoms with Gasteiger partial charge in [0.25, 0.3) is 0 Å². The van der Waals surface area contributed by atoms with Gasteiger partial charge in [0.1, 0.15) is 5.82 Å². The van der Waals surface area contributed by atoms with Crippen molar-refractivity contribution in [1.82, 2.24) is 4.90 Å². The van der Waals surface area contributed by atoms with Crippen molar-refractivity contribution >= 4 is 23.3 Å². The van der Waals surface area contributed by atoms with Gasteiger partial charge in [0, 0.05) is 13.1 Å². The van der Waals surface area contributed by atoms with E-state index in [1.54, 1.807) is 12.1 Å². The van der Waals surface area contributed by atoms with Crippen molar-refractivity contribution in [2.75, 3.05) is 13.1 Å². The molecule has 1 aliphatic rings. The standard InChI is InChI=1S/C12H11ClFNO2/c13-10-2-1-9(7-11(10)14)8-3-5-15(6-4-8)12(16)17/h1-3,7H,4-6H2,(H,16,17). The molecule has 1 aromatic rings. The van der Waals surface area contributed by atoms with E-state index in [0.29, 0.717) is 19.5 Å². The van der Waals surface area contributed by atoms with Crippen LogP contribution in [0.5, 0.6) is 0 Å². The van der Waals surface area contributed by atoms with Gasteiger partial charge >= 0.3 is 6.09 Å². The highest BCUT2D eigenvalue weighted by Crippen LogP contribution is 2.25. The molecular formula is C12H11ClFNO2. The Kier molecular flexibility index (Phi) is 3.33. The van der Waals surface area contributed by atoms with Crippen LogP contribution in [0.15, 0.2) is 24.3 Å². The predicted octanol–water partition coefficient (Wildman–Crippen LogP) is 3.25. The minimum Gasteiger partial charge on any atom is -0.465 e. The molecule has 0 spiro atoms. The van der Waals surface area contributed by atoms with Crippen LogP contribution in [-0.4, -0.2) is 29.2 Å². The summed E-state index contributed by atoms with van der Waals surface area (Å²) in [6, 6.07) is 4.63. The third kappa shape index (κ3) is 2.58. The van der Waals surface area contributed by atoms with E-state index in [0.717, 1.165) is 11.1 Å². The van der Waals surface area contributed by atoms with Gasteiger partial charge in [-0.05, 0) is 29.7 Å². The summed E-state index contributed by atoms with van der Waals surface area (Å²) in [6.07, 6.45) is 1.47. The van der Waals surface area contributed by atoms with Crippen molar-refractivity contribution in [3.63, 3.8) is 0 Å². The second-order valence-corrected chi connectivity index (χ2v) is 4.24. The van der Waals surface area contributed by atoms with Crippen molar-refractivity contribution in [3.8, 4) is 0 Å². The van der Waals surface area contributed by atoms with Crippen LogP contribution in [0.2, 0.25) is 5.02 Å². The molecule has 0 saturated carbocycles. The van der Waals surface area contributed by atoms with E-state index in [1.807, 2.05) is 0 Å². The Hall–Kier alpha value is -1.55. The largest absolute Gasteiger partial charge is 0.465 e. The molecule has 1 amide bonds. The Morgan fingerprint density at radius 2 is 2.24 bits per heavy atom. The molecule has 2 rings (SSSR count). The van der Waals surface area contributed by atoms with Crippen LogP contribution in [-0.2, 0) is 0 Å². The SMILES string of the molecule is O=C(O)N1CC=C(c2ccc(Cl)c(F)c2)CC1. The summed E-state index contributed by atoms with van der Waals surface area (Å²) in [6.45, 7) is 0.778. The summed E-state index contributed by atoms with van der Waals surface area (Å²) in [5.41, 5.74) is 1.72. The molecule has 17 heavy (non-hydrogen) atoms. The van der Waals surface area contributed by atoms with Crippen LogP contribution in [0.4, 0.5) is 9.18 Å². The lowest BCUT2D eigenvalue weighted by atomic mass is 9.99. The number of carbonyl (C=O) groups is 1. The van der Waals surface area contributed by atoms with Crippen LogP contribution in [0.3, 0.4) is 0 Å². The summed E-state index contributed by atoms with van der Waals surface area (Å²) in [5, 5.41) is 8.89. The average molecular weight is 256 g/mol. The average Bonchev–Trinajstić information content (AvgIpc) is 2.33. The number of benzene rings is 1. The van der Waals surface area contributed by atoms with Gasteiger partial charge < -0.3 is 10.0 Å². The number of rotatable bonds is 1. The van der Waals surface area contributed by atoms with E-state index in [2.05, 4.69) is 0 Å². The van der Waals surface area contributed by atoms with Gasteiger partial charge in [-0.2, -0.15) is 0 Å². The Morgan fingerprint density at radius 3 is 2.76 bits per heavy atom. The van der Waals surface area contributed by atoms with E-state index < -0.39 is 11.9 Å². The summed E-state index contributed by atoms with van der Waals surface area (Å²) in [7, 11) is 0. The third-order valence-corrected chi connectivity index (χ3v) is 3.08. The fraction of sp³-hybridized carbons (Fsp3) is 0.250. The van der Waals surface area contributed by atoms with Crippen molar-refractivity contribution in [3.05, 3.63) is 40.7 Å². The summed E-state index contributed by atoms with van der Waals surface area (Å²) in [4.78, 5) is 12.0. The van der Waals surface area contributed by atoms with E-state index >= 15 is 0 Å². The van der Waals surface area contributed by atoms with Gasteiger partial charge in [-0.25, -0.2) is 9.18 Å². The number of amides is 1. The first-order valence-electron chi connectivity index (χ1n) is 5.20. The zero-order valence-corrected chi connectivity index (χ0v) is 9.75. The highest BCUT2D eigenvalue weighted by atomic mass is 35.5. The van der Waals surface area contributed by atoms with Gasteiger partial charge in [0.05, 0.1) is 5.02 Å². The van der Waals surface area contributed by atoms with Gasteiger partial charge in [-0.15, -0.1) is 0 Å².